The van der Waals surface area contributed by atoms with Gasteiger partial charge in [0.25, 0.3) is 0 Å². The molecule has 1 atom stereocenters. The average molecular weight is 200 g/mol. The number of hydrogen-bond donors (Lipinski definition) is 0. The van der Waals surface area contributed by atoms with Crippen LogP contribution in [0.4, 0.5) is 5.69 Å². The summed E-state index contributed by atoms with van der Waals surface area (Å²) in [5.74, 6) is 0.149. The van der Waals surface area contributed by atoms with Crippen molar-refractivity contribution in [1.29, 1.82) is 5.26 Å². The number of hydrogen-bond acceptors (Lipinski definition) is 3. The summed E-state index contributed by atoms with van der Waals surface area (Å²) in [7, 11) is 0. The molecule has 1 fully saturated rings. The highest BCUT2D eigenvalue weighted by molar-refractivity contribution is 5.75. The molecular weight excluding hydrogens is 188 g/mol. The van der Waals surface area contributed by atoms with Crippen molar-refractivity contribution in [2.45, 2.75) is 6.42 Å². The molecule has 2 rings (SSSR count). The number of anilines is 1. The number of carbonyl (C=O) groups is 1. The molecule has 0 saturated carbocycles. The summed E-state index contributed by atoms with van der Waals surface area (Å²) >= 11 is 0. The van der Waals surface area contributed by atoms with E-state index in [1.165, 1.54) is 0 Å². The molecule has 1 unspecified atom stereocenters. The Balaban J connectivity index is 2.11. The zero-order valence-electron chi connectivity index (χ0n) is 8.39. The van der Waals surface area contributed by atoms with Crippen molar-refractivity contribution in [3.8, 4) is 6.07 Å². The molecule has 3 heteroatoms. The van der Waals surface area contributed by atoms with Crippen LogP contribution in [-0.4, -0.2) is 19.4 Å². The zero-order chi connectivity index (χ0) is 10.7. The summed E-state index contributed by atoms with van der Waals surface area (Å²) in [5.41, 5.74) is 1.79. The van der Waals surface area contributed by atoms with Crippen molar-refractivity contribution >= 4 is 12.0 Å². The van der Waals surface area contributed by atoms with E-state index < -0.39 is 0 Å². The standard InChI is InChI=1S/C12H12N2O/c13-7-11-5-6-14(8-11)12-3-1-10(9-15)2-4-12/h1-4,9,11H,5-6,8H2. The second kappa shape index (κ2) is 4.14. The minimum absolute atomic E-state index is 0.149. The third-order valence-electron chi connectivity index (χ3n) is 2.77. The zero-order valence-corrected chi connectivity index (χ0v) is 8.39. The molecule has 1 aliphatic rings. The summed E-state index contributed by atoms with van der Waals surface area (Å²) in [4.78, 5) is 12.7. The van der Waals surface area contributed by atoms with Gasteiger partial charge in [0.2, 0.25) is 0 Å². The average Bonchev–Trinajstić information content (AvgIpc) is 2.78. The van der Waals surface area contributed by atoms with Gasteiger partial charge in [-0.1, -0.05) is 0 Å². The van der Waals surface area contributed by atoms with Gasteiger partial charge in [-0.05, 0) is 30.7 Å². The molecule has 0 radical (unpaired) electrons. The molecule has 0 aliphatic carbocycles. The first kappa shape index (κ1) is 9.72. The van der Waals surface area contributed by atoms with Crippen LogP contribution in [0.15, 0.2) is 24.3 Å². The van der Waals surface area contributed by atoms with E-state index in [0.29, 0.717) is 5.56 Å². The largest absolute Gasteiger partial charge is 0.370 e. The number of nitrogens with zero attached hydrogens (tertiary/aromatic N) is 2. The lowest BCUT2D eigenvalue weighted by atomic mass is 10.1. The molecule has 0 aromatic heterocycles. The van der Waals surface area contributed by atoms with E-state index in [-0.39, 0.29) is 5.92 Å². The van der Waals surface area contributed by atoms with Crippen LogP contribution >= 0.6 is 0 Å². The van der Waals surface area contributed by atoms with Crippen molar-refractivity contribution in [2.75, 3.05) is 18.0 Å². The van der Waals surface area contributed by atoms with Gasteiger partial charge >= 0.3 is 0 Å². The number of aldehydes is 1. The van der Waals surface area contributed by atoms with E-state index in [0.717, 1.165) is 31.5 Å². The predicted octanol–water partition coefficient (Wildman–Crippen LogP) is 1.85. The Bertz CT molecular complexity index is 391. The molecular formula is C12H12N2O. The molecule has 1 aromatic rings. The van der Waals surface area contributed by atoms with Crippen LogP contribution in [0.1, 0.15) is 16.8 Å². The second-order valence-corrected chi connectivity index (χ2v) is 3.77. The first-order valence-corrected chi connectivity index (χ1v) is 5.03. The van der Waals surface area contributed by atoms with Crippen LogP contribution in [-0.2, 0) is 0 Å². The van der Waals surface area contributed by atoms with E-state index in [9.17, 15) is 4.79 Å². The van der Waals surface area contributed by atoms with Gasteiger partial charge in [0.05, 0.1) is 12.0 Å². The third kappa shape index (κ3) is 1.99. The molecule has 3 nitrogen and oxygen atoms in total. The first-order valence-electron chi connectivity index (χ1n) is 5.03. The van der Waals surface area contributed by atoms with Gasteiger partial charge in [-0.25, -0.2) is 0 Å². The minimum Gasteiger partial charge on any atom is -0.370 e. The number of nitriles is 1. The van der Waals surface area contributed by atoms with Gasteiger partial charge in [0, 0.05) is 24.3 Å². The first-order chi connectivity index (χ1) is 7.33. The Hall–Kier alpha value is -1.82. The van der Waals surface area contributed by atoms with E-state index in [1.807, 2.05) is 24.3 Å². The summed E-state index contributed by atoms with van der Waals surface area (Å²) in [6, 6.07) is 9.77. The maximum absolute atomic E-state index is 10.5. The third-order valence-corrected chi connectivity index (χ3v) is 2.77. The van der Waals surface area contributed by atoms with Crippen molar-refractivity contribution in [2.24, 2.45) is 5.92 Å². The van der Waals surface area contributed by atoms with Crippen LogP contribution in [0.5, 0.6) is 0 Å². The molecule has 1 heterocycles. The molecule has 0 spiro atoms. The molecule has 1 aromatic carbocycles. The Kier molecular flexibility index (Phi) is 2.68. The summed E-state index contributed by atoms with van der Waals surface area (Å²) in [5, 5.41) is 8.79. The number of carbonyl (C=O) groups excluding carboxylic acids is 1. The van der Waals surface area contributed by atoms with Crippen molar-refractivity contribution in [1.82, 2.24) is 0 Å². The molecule has 1 saturated heterocycles. The summed E-state index contributed by atoms with van der Waals surface area (Å²) in [6.07, 6.45) is 1.78. The van der Waals surface area contributed by atoms with Crippen LogP contribution in [0, 0.1) is 17.2 Å². The smallest absolute Gasteiger partial charge is 0.150 e. The lowest BCUT2D eigenvalue weighted by molar-refractivity contribution is 0.112. The van der Waals surface area contributed by atoms with Gasteiger partial charge in [-0.3, -0.25) is 4.79 Å². The van der Waals surface area contributed by atoms with Gasteiger partial charge in [0.15, 0.2) is 0 Å². The molecule has 1 aliphatic heterocycles. The minimum atomic E-state index is 0.149. The fraction of sp³-hybridized carbons (Fsp3) is 0.333. The maximum atomic E-state index is 10.5. The predicted molar refractivity (Wildman–Crippen MR) is 57.8 cm³/mol. The summed E-state index contributed by atoms with van der Waals surface area (Å²) in [6.45, 7) is 1.73. The van der Waals surface area contributed by atoms with Gasteiger partial charge in [-0.15, -0.1) is 0 Å². The Morgan fingerprint density at radius 1 is 1.40 bits per heavy atom. The monoisotopic (exact) mass is 200 g/mol. The molecule has 0 amide bonds. The van der Waals surface area contributed by atoms with Crippen molar-refractivity contribution in [3.05, 3.63) is 29.8 Å². The number of rotatable bonds is 2. The highest BCUT2D eigenvalue weighted by Crippen LogP contribution is 2.23. The van der Waals surface area contributed by atoms with E-state index in [4.69, 9.17) is 5.26 Å². The molecule has 0 bridgehead atoms. The van der Waals surface area contributed by atoms with E-state index >= 15 is 0 Å². The highest BCUT2D eigenvalue weighted by atomic mass is 16.1. The summed E-state index contributed by atoms with van der Waals surface area (Å²) < 4.78 is 0. The second-order valence-electron chi connectivity index (χ2n) is 3.77. The van der Waals surface area contributed by atoms with Crippen LogP contribution < -0.4 is 4.90 Å². The van der Waals surface area contributed by atoms with Crippen molar-refractivity contribution in [3.63, 3.8) is 0 Å². The van der Waals surface area contributed by atoms with Gasteiger partial charge in [0.1, 0.15) is 6.29 Å². The number of benzene rings is 1. The van der Waals surface area contributed by atoms with E-state index in [1.54, 1.807) is 0 Å². The van der Waals surface area contributed by atoms with Crippen LogP contribution in [0.3, 0.4) is 0 Å². The normalized spacial score (nSPS) is 19.9. The van der Waals surface area contributed by atoms with Crippen molar-refractivity contribution < 1.29 is 4.79 Å². The maximum Gasteiger partial charge on any atom is 0.150 e. The van der Waals surface area contributed by atoms with Crippen LogP contribution in [0.25, 0.3) is 0 Å². The fourth-order valence-electron chi connectivity index (χ4n) is 1.86. The lowest BCUT2D eigenvalue weighted by Gasteiger charge is -2.17. The Morgan fingerprint density at radius 2 is 2.13 bits per heavy atom. The molecule has 0 N–H and O–H groups in total. The quantitative estimate of drug-likeness (QED) is 0.684. The SMILES string of the molecule is N#CC1CCN(c2ccc(C=O)cc2)C1. The lowest BCUT2D eigenvalue weighted by Crippen LogP contribution is -2.19. The van der Waals surface area contributed by atoms with Gasteiger partial charge in [-0.2, -0.15) is 5.26 Å². The van der Waals surface area contributed by atoms with E-state index in [2.05, 4.69) is 11.0 Å². The topological polar surface area (TPSA) is 44.1 Å². The Labute approximate surface area is 88.9 Å². The fourth-order valence-corrected chi connectivity index (χ4v) is 1.86. The molecule has 15 heavy (non-hydrogen) atoms. The highest BCUT2D eigenvalue weighted by Gasteiger charge is 2.21. The van der Waals surface area contributed by atoms with Gasteiger partial charge < -0.3 is 4.90 Å². The molecule has 76 valence electrons. The Morgan fingerprint density at radius 3 is 2.67 bits per heavy atom. The van der Waals surface area contributed by atoms with Crippen LogP contribution in [0.2, 0.25) is 0 Å².